The van der Waals surface area contributed by atoms with E-state index in [0.29, 0.717) is 32.5 Å². The van der Waals surface area contributed by atoms with Crippen LogP contribution in [0.5, 0.6) is 5.75 Å². The first kappa shape index (κ1) is 18.3. The number of carbonyl (C=O) groups is 2. The van der Waals surface area contributed by atoms with Gasteiger partial charge >= 0.3 is 0 Å². The predicted molar refractivity (Wildman–Crippen MR) is 100 cm³/mol. The number of amides is 2. The van der Waals surface area contributed by atoms with Gasteiger partial charge in [-0.05, 0) is 42.9 Å². The van der Waals surface area contributed by atoms with Gasteiger partial charge in [-0.2, -0.15) is 0 Å². The molecule has 0 bridgehead atoms. The molecule has 0 radical (unpaired) electrons. The highest BCUT2D eigenvalue weighted by Gasteiger charge is 2.51. The fraction of sp³-hybridized carbons (Fsp3) is 0.619. The molecule has 6 nitrogen and oxygen atoms in total. The number of ether oxygens (including phenoxy) is 2. The SMILES string of the molecule is COc1ccc(CC(=O)N2CC3(CC(CC(=O)N4CCCC4)CO3)C2)cc1. The molecule has 1 aromatic rings. The van der Waals surface area contributed by atoms with Crippen molar-refractivity contribution in [2.24, 2.45) is 5.92 Å². The van der Waals surface area contributed by atoms with Crippen molar-refractivity contribution in [1.29, 1.82) is 0 Å². The fourth-order valence-electron chi connectivity index (χ4n) is 4.49. The minimum absolute atomic E-state index is 0.131. The summed E-state index contributed by atoms with van der Waals surface area (Å²) in [4.78, 5) is 28.7. The normalized spacial score (nSPS) is 23.5. The topological polar surface area (TPSA) is 59.1 Å². The zero-order valence-corrected chi connectivity index (χ0v) is 16.0. The third-order valence-electron chi connectivity index (χ3n) is 6.03. The first-order valence-electron chi connectivity index (χ1n) is 9.89. The summed E-state index contributed by atoms with van der Waals surface area (Å²) in [5.41, 5.74) is 0.772. The van der Waals surface area contributed by atoms with Gasteiger partial charge in [0.2, 0.25) is 11.8 Å². The van der Waals surface area contributed by atoms with Gasteiger partial charge in [0.25, 0.3) is 0 Å². The molecule has 0 N–H and O–H groups in total. The van der Waals surface area contributed by atoms with Crippen molar-refractivity contribution in [3.63, 3.8) is 0 Å². The van der Waals surface area contributed by atoms with Crippen molar-refractivity contribution in [3.8, 4) is 5.75 Å². The number of methoxy groups -OCH3 is 1. The molecule has 27 heavy (non-hydrogen) atoms. The molecule has 3 heterocycles. The first-order chi connectivity index (χ1) is 13.1. The van der Waals surface area contributed by atoms with E-state index in [0.717, 1.165) is 43.7 Å². The van der Waals surface area contributed by atoms with Crippen LogP contribution in [0, 0.1) is 5.92 Å². The minimum Gasteiger partial charge on any atom is -0.497 e. The number of rotatable bonds is 5. The van der Waals surface area contributed by atoms with E-state index in [-0.39, 0.29) is 23.3 Å². The highest BCUT2D eigenvalue weighted by Crippen LogP contribution is 2.39. The molecule has 1 aromatic carbocycles. The van der Waals surface area contributed by atoms with Gasteiger partial charge in [-0.1, -0.05) is 12.1 Å². The predicted octanol–water partition coefficient (Wildman–Crippen LogP) is 1.87. The van der Waals surface area contributed by atoms with E-state index in [1.54, 1.807) is 7.11 Å². The number of likely N-dealkylation sites (tertiary alicyclic amines) is 2. The van der Waals surface area contributed by atoms with Gasteiger partial charge in [0, 0.05) is 19.5 Å². The van der Waals surface area contributed by atoms with Crippen LogP contribution >= 0.6 is 0 Å². The molecule has 4 rings (SSSR count). The highest BCUT2D eigenvalue weighted by atomic mass is 16.5. The number of carbonyl (C=O) groups excluding carboxylic acids is 2. The lowest BCUT2D eigenvalue weighted by atomic mass is 9.85. The van der Waals surface area contributed by atoms with E-state index in [2.05, 4.69) is 0 Å². The largest absolute Gasteiger partial charge is 0.497 e. The maximum atomic E-state index is 12.5. The molecule has 3 saturated heterocycles. The molecule has 0 aliphatic carbocycles. The van der Waals surface area contributed by atoms with E-state index in [4.69, 9.17) is 9.47 Å². The zero-order valence-electron chi connectivity index (χ0n) is 16.0. The van der Waals surface area contributed by atoms with E-state index >= 15 is 0 Å². The number of hydrogen-bond acceptors (Lipinski definition) is 4. The van der Waals surface area contributed by atoms with Gasteiger partial charge in [-0.3, -0.25) is 9.59 Å². The van der Waals surface area contributed by atoms with E-state index in [1.165, 1.54) is 0 Å². The molecule has 146 valence electrons. The van der Waals surface area contributed by atoms with Crippen LogP contribution in [0.15, 0.2) is 24.3 Å². The van der Waals surface area contributed by atoms with Gasteiger partial charge in [0.15, 0.2) is 0 Å². The van der Waals surface area contributed by atoms with Gasteiger partial charge < -0.3 is 19.3 Å². The zero-order chi connectivity index (χ0) is 18.9. The van der Waals surface area contributed by atoms with Crippen LogP contribution in [0.3, 0.4) is 0 Å². The first-order valence-corrected chi connectivity index (χ1v) is 9.89. The lowest BCUT2D eigenvalue weighted by molar-refractivity contribution is -0.157. The Morgan fingerprint density at radius 3 is 2.48 bits per heavy atom. The molecule has 1 spiro atoms. The fourth-order valence-corrected chi connectivity index (χ4v) is 4.49. The molecule has 0 aromatic heterocycles. The Hall–Kier alpha value is -2.08. The molecule has 1 unspecified atom stereocenters. The van der Waals surface area contributed by atoms with Gasteiger partial charge in [0.05, 0.1) is 33.2 Å². The van der Waals surface area contributed by atoms with E-state index in [9.17, 15) is 9.59 Å². The summed E-state index contributed by atoms with van der Waals surface area (Å²) in [7, 11) is 1.63. The molecule has 3 aliphatic rings. The minimum atomic E-state index is -0.217. The monoisotopic (exact) mass is 372 g/mol. The summed E-state index contributed by atoms with van der Waals surface area (Å²) < 4.78 is 11.2. The Morgan fingerprint density at radius 2 is 1.81 bits per heavy atom. The summed E-state index contributed by atoms with van der Waals surface area (Å²) in [6.07, 6.45) is 4.13. The van der Waals surface area contributed by atoms with Gasteiger partial charge in [-0.15, -0.1) is 0 Å². The Labute approximate surface area is 160 Å². The Bertz CT molecular complexity index is 691. The number of benzene rings is 1. The summed E-state index contributed by atoms with van der Waals surface area (Å²) in [6, 6.07) is 7.61. The van der Waals surface area contributed by atoms with Crippen molar-refractivity contribution in [3.05, 3.63) is 29.8 Å². The summed E-state index contributed by atoms with van der Waals surface area (Å²) in [5, 5.41) is 0. The molecule has 3 aliphatic heterocycles. The van der Waals surface area contributed by atoms with Crippen LogP contribution in [-0.2, 0) is 20.7 Å². The standard InChI is InChI=1S/C21H28N2O4/c1-26-18-6-4-16(5-7-18)10-20(25)23-14-21(15-23)12-17(13-27-21)11-19(24)22-8-2-3-9-22/h4-7,17H,2-3,8-15H2,1H3. The molecule has 6 heteroatoms. The van der Waals surface area contributed by atoms with Crippen LogP contribution in [0.4, 0.5) is 0 Å². The summed E-state index contributed by atoms with van der Waals surface area (Å²) >= 11 is 0. The Balaban J connectivity index is 1.23. The lowest BCUT2D eigenvalue weighted by Gasteiger charge is -2.47. The van der Waals surface area contributed by atoms with Crippen LogP contribution in [0.1, 0.15) is 31.2 Å². The molecule has 1 atom stereocenters. The summed E-state index contributed by atoms with van der Waals surface area (Å²) in [6.45, 7) is 3.75. The molecular formula is C21H28N2O4. The van der Waals surface area contributed by atoms with Gasteiger partial charge in [0.1, 0.15) is 11.4 Å². The second-order valence-electron chi connectivity index (χ2n) is 8.13. The van der Waals surface area contributed by atoms with Gasteiger partial charge in [-0.25, -0.2) is 0 Å². The average molecular weight is 372 g/mol. The maximum Gasteiger partial charge on any atom is 0.227 e. The van der Waals surface area contributed by atoms with Crippen LogP contribution < -0.4 is 4.74 Å². The Morgan fingerprint density at radius 1 is 1.11 bits per heavy atom. The van der Waals surface area contributed by atoms with Crippen molar-refractivity contribution in [1.82, 2.24) is 9.80 Å². The molecule has 3 fully saturated rings. The molecular weight excluding hydrogens is 344 g/mol. The highest BCUT2D eigenvalue weighted by molar-refractivity contribution is 5.80. The second kappa shape index (κ2) is 7.50. The van der Waals surface area contributed by atoms with E-state index in [1.807, 2.05) is 34.1 Å². The van der Waals surface area contributed by atoms with Crippen molar-refractivity contribution in [2.75, 3.05) is 39.9 Å². The Kier molecular flexibility index (Phi) is 5.08. The quantitative estimate of drug-likeness (QED) is 0.792. The van der Waals surface area contributed by atoms with Crippen LogP contribution in [0.25, 0.3) is 0 Å². The molecule has 2 amide bonds. The summed E-state index contributed by atoms with van der Waals surface area (Å²) in [5.74, 6) is 1.48. The second-order valence-corrected chi connectivity index (χ2v) is 8.13. The molecule has 0 saturated carbocycles. The number of nitrogens with zero attached hydrogens (tertiary/aromatic N) is 2. The van der Waals surface area contributed by atoms with Crippen molar-refractivity contribution in [2.45, 2.75) is 37.7 Å². The third kappa shape index (κ3) is 3.95. The van der Waals surface area contributed by atoms with Crippen LogP contribution in [0.2, 0.25) is 0 Å². The maximum absolute atomic E-state index is 12.5. The van der Waals surface area contributed by atoms with Crippen molar-refractivity contribution >= 4 is 11.8 Å². The smallest absolute Gasteiger partial charge is 0.227 e. The number of hydrogen-bond donors (Lipinski definition) is 0. The van der Waals surface area contributed by atoms with Crippen molar-refractivity contribution < 1.29 is 19.1 Å². The van der Waals surface area contributed by atoms with E-state index < -0.39 is 0 Å². The third-order valence-corrected chi connectivity index (χ3v) is 6.03. The average Bonchev–Trinajstić information content (AvgIpc) is 3.31. The van der Waals surface area contributed by atoms with Crippen LogP contribution in [-0.4, -0.2) is 67.1 Å². The lowest BCUT2D eigenvalue weighted by Crippen LogP contribution is -2.63.